The molecule has 0 atom stereocenters. The van der Waals surface area contributed by atoms with E-state index in [1.165, 1.54) is 20.6 Å². The first-order valence-electron chi connectivity index (χ1n) is 15.0. The van der Waals surface area contributed by atoms with Gasteiger partial charge < -0.3 is 19.1 Å². The molecule has 1 amide bonds. The molecule has 4 aromatic rings. The second-order valence-corrected chi connectivity index (χ2v) is 11.8. The molecule has 4 aromatic carbocycles. The van der Waals surface area contributed by atoms with E-state index in [1.807, 2.05) is 41.4 Å². The van der Waals surface area contributed by atoms with E-state index in [4.69, 9.17) is 14.2 Å². The fourth-order valence-electron chi connectivity index (χ4n) is 5.67. The lowest BCUT2D eigenvalue weighted by Gasteiger charge is -2.35. The van der Waals surface area contributed by atoms with Crippen LogP contribution < -0.4 is 24.8 Å². The zero-order valence-corrected chi connectivity index (χ0v) is 27.6. The molecule has 0 spiro atoms. The Bertz CT molecular complexity index is 1650. The van der Waals surface area contributed by atoms with Gasteiger partial charge in [-0.2, -0.15) is 0 Å². The van der Waals surface area contributed by atoms with Gasteiger partial charge in [-0.05, 0) is 90.9 Å². The van der Waals surface area contributed by atoms with Gasteiger partial charge in [0.15, 0.2) is 0 Å². The van der Waals surface area contributed by atoms with E-state index in [0.29, 0.717) is 15.8 Å². The molecule has 0 bridgehead atoms. The van der Waals surface area contributed by atoms with Gasteiger partial charge in [0, 0.05) is 17.6 Å². The first-order chi connectivity index (χ1) is 21.8. The van der Waals surface area contributed by atoms with Crippen molar-refractivity contribution < 1.29 is 23.8 Å². The monoisotopic (exact) mass is 671 g/mol. The number of hydrogen-bond acceptors (Lipinski definition) is 7. The van der Waals surface area contributed by atoms with E-state index >= 15 is 0 Å². The van der Waals surface area contributed by atoms with Crippen molar-refractivity contribution in [2.24, 2.45) is 0 Å². The van der Waals surface area contributed by atoms with Crippen molar-refractivity contribution in [1.29, 1.82) is 0 Å². The van der Waals surface area contributed by atoms with Crippen LogP contribution in [0.4, 0.5) is 17.1 Å². The summed E-state index contributed by atoms with van der Waals surface area (Å²) in [6.45, 7) is 4.00. The molecule has 1 N–H and O–H groups in total. The highest BCUT2D eigenvalue weighted by Gasteiger charge is 2.24. The number of carbonyl (C=O) groups is 2. The van der Waals surface area contributed by atoms with Gasteiger partial charge in [0.25, 0.3) is 0 Å². The van der Waals surface area contributed by atoms with Gasteiger partial charge in [0.2, 0.25) is 5.91 Å². The number of anilines is 3. The van der Waals surface area contributed by atoms with Gasteiger partial charge in [0.05, 0.1) is 44.8 Å². The van der Waals surface area contributed by atoms with Crippen molar-refractivity contribution >= 4 is 44.9 Å². The van der Waals surface area contributed by atoms with Gasteiger partial charge in [-0.1, -0.05) is 52.3 Å². The number of para-hydroxylation sites is 1. The number of hydrazine groups is 1. The predicted molar refractivity (Wildman–Crippen MR) is 182 cm³/mol. The van der Waals surface area contributed by atoms with Crippen LogP contribution in [0.1, 0.15) is 40.7 Å². The Morgan fingerprint density at radius 1 is 0.867 bits per heavy atom. The minimum absolute atomic E-state index is 0.0454. The Morgan fingerprint density at radius 2 is 1.53 bits per heavy atom. The van der Waals surface area contributed by atoms with Crippen molar-refractivity contribution in [2.75, 3.05) is 44.3 Å². The third kappa shape index (κ3) is 7.26. The lowest BCUT2D eigenvalue weighted by Crippen LogP contribution is -2.41. The molecule has 1 saturated heterocycles. The van der Waals surface area contributed by atoms with Crippen molar-refractivity contribution in [2.45, 2.75) is 32.6 Å². The van der Waals surface area contributed by atoms with Gasteiger partial charge in [-0.3, -0.25) is 15.2 Å². The van der Waals surface area contributed by atoms with Crippen molar-refractivity contribution in [3.05, 3.63) is 100 Å². The number of hydrogen-bond donors (Lipinski definition) is 1. The average molecular weight is 673 g/mol. The van der Waals surface area contributed by atoms with E-state index in [0.717, 1.165) is 65.4 Å². The maximum absolute atomic E-state index is 13.8. The second kappa shape index (κ2) is 14.5. The number of aryl methyl sites for hydroxylation is 1. The maximum atomic E-state index is 13.8. The molecule has 8 nitrogen and oxygen atoms in total. The molecular formula is C36H38BrN3O5. The van der Waals surface area contributed by atoms with E-state index in [2.05, 4.69) is 63.5 Å². The summed E-state index contributed by atoms with van der Waals surface area (Å²) in [4.78, 5) is 28.5. The Balaban J connectivity index is 1.51. The summed E-state index contributed by atoms with van der Waals surface area (Å²) in [6.07, 6.45) is 3.53. The average Bonchev–Trinajstić information content (AvgIpc) is 3.08. The smallest absolute Gasteiger partial charge is 0.341 e. The Labute approximate surface area is 273 Å². The third-order valence-electron chi connectivity index (χ3n) is 8.05. The van der Waals surface area contributed by atoms with Gasteiger partial charge in [0.1, 0.15) is 17.1 Å². The molecular weight excluding hydrogens is 634 g/mol. The van der Waals surface area contributed by atoms with Gasteiger partial charge >= 0.3 is 5.97 Å². The molecule has 1 aliphatic heterocycles. The third-order valence-corrected chi connectivity index (χ3v) is 8.79. The standard InChI is InChI=1S/C36H38BrN3O5/c1-24-9-8-10-32(39-19-6-5-7-20-39)35(24)40(28-15-11-25(12-16-28)26-13-17-29(43-2)18-14-26)38-34(41)22-27-21-33(44-3)30(23-31(27)37)36(42)45-4/h8-18,21,23H,5-7,19-20,22H2,1-4H3,(H,38,41). The fraction of sp³-hybridized carbons (Fsp3) is 0.278. The van der Waals surface area contributed by atoms with E-state index < -0.39 is 5.97 Å². The zero-order valence-electron chi connectivity index (χ0n) is 26.1. The molecule has 0 aromatic heterocycles. The molecule has 1 heterocycles. The van der Waals surface area contributed by atoms with E-state index in [-0.39, 0.29) is 17.9 Å². The molecule has 0 aliphatic carbocycles. The summed E-state index contributed by atoms with van der Waals surface area (Å²) in [7, 11) is 4.46. The summed E-state index contributed by atoms with van der Waals surface area (Å²) < 4.78 is 16.3. The number of halogens is 1. The van der Waals surface area contributed by atoms with Crippen LogP contribution in [-0.2, 0) is 16.0 Å². The number of nitrogens with one attached hydrogen (secondary N) is 1. The number of nitrogens with zero attached hydrogens (tertiary/aromatic N) is 2. The quantitative estimate of drug-likeness (QED) is 0.137. The number of amides is 1. The molecule has 5 rings (SSSR count). The van der Waals surface area contributed by atoms with Crippen molar-refractivity contribution in [1.82, 2.24) is 5.43 Å². The van der Waals surface area contributed by atoms with Crippen LogP contribution in [0.25, 0.3) is 11.1 Å². The summed E-state index contributed by atoms with van der Waals surface area (Å²) >= 11 is 3.54. The number of benzene rings is 4. The molecule has 234 valence electrons. The summed E-state index contributed by atoms with van der Waals surface area (Å²) in [6, 6.07) is 25.7. The number of ether oxygens (including phenoxy) is 3. The predicted octanol–water partition coefficient (Wildman–Crippen LogP) is 7.63. The van der Waals surface area contributed by atoms with Crippen LogP contribution in [0.15, 0.2) is 83.3 Å². The highest BCUT2D eigenvalue weighted by Crippen LogP contribution is 2.38. The fourth-order valence-corrected chi connectivity index (χ4v) is 6.15. The first-order valence-corrected chi connectivity index (χ1v) is 15.8. The Kier molecular flexibility index (Phi) is 10.3. The highest BCUT2D eigenvalue weighted by molar-refractivity contribution is 9.10. The van der Waals surface area contributed by atoms with Gasteiger partial charge in [-0.15, -0.1) is 0 Å². The van der Waals surface area contributed by atoms with Crippen LogP contribution in [-0.4, -0.2) is 46.3 Å². The molecule has 1 aliphatic rings. The SMILES string of the molecule is COC(=O)c1cc(Br)c(CC(=O)NN(c2ccc(-c3ccc(OC)cc3)cc2)c2c(C)cccc2N2CCCCC2)cc1OC. The summed E-state index contributed by atoms with van der Waals surface area (Å²) in [5.74, 6) is 0.400. The van der Waals surface area contributed by atoms with Crippen molar-refractivity contribution in [3.8, 4) is 22.6 Å². The van der Waals surface area contributed by atoms with Gasteiger partial charge in [-0.25, -0.2) is 4.79 Å². The molecule has 1 fully saturated rings. The number of esters is 1. The Morgan fingerprint density at radius 3 is 2.16 bits per heavy atom. The molecule has 45 heavy (non-hydrogen) atoms. The highest BCUT2D eigenvalue weighted by atomic mass is 79.9. The van der Waals surface area contributed by atoms with Crippen LogP contribution >= 0.6 is 15.9 Å². The number of rotatable bonds is 10. The molecule has 0 saturated carbocycles. The topological polar surface area (TPSA) is 80.3 Å². The zero-order chi connectivity index (χ0) is 31.9. The molecule has 0 radical (unpaired) electrons. The lowest BCUT2D eigenvalue weighted by atomic mass is 10.0. The minimum Gasteiger partial charge on any atom is -0.497 e. The van der Waals surface area contributed by atoms with Crippen LogP contribution in [0.5, 0.6) is 11.5 Å². The van der Waals surface area contributed by atoms with Crippen LogP contribution in [0, 0.1) is 6.92 Å². The number of piperidine rings is 1. The lowest BCUT2D eigenvalue weighted by molar-refractivity contribution is -0.120. The van der Waals surface area contributed by atoms with Crippen LogP contribution in [0.3, 0.4) is 0 Å². The van der Waals surface area contributed by atoms with Crippen LogP contribution in [0.2, 0.25) is 0 Å². The van der Waals surface area contributed by atoms with E-state index in [9.17, 15) is 9.59 Å². The van der Waals surface area contributed by atoms with Crippen molar-refractivity contribution in [3.63, 3.8) is 0 Å². The first kappa shape index (κ1) is 31.9. The largest absolute Gasteiger partial charge is 0.497 e. The molecule has 9 heteroatoms. The van der Waals surface area contributed by atoms with E-state index in [1.54, 1.807) is 19.2 Å². The normalized spacial score (nSPS) is 12.8. The number of methoxy groups -OCH3 is 3. The maximum Gasteiger partial charge on any atom is 0.341 e. The summed E-state index contributed by atoms with van der Waals surface area (Å²) in [5, 5.41) is 1.90. The number of carbonyl (C=O) groups excluding carboxylic acids is 2. The minimum atomic E-state index is -0.516. The Hall–Kier alpha value is -4.50. The molecule has 0 unspecified atom stereocenters. The summed E-state index contributed by atoms with van der Waals surface area (Å²) in [5.41, 5.74) is 10.2. The second-order valence-electron chi connectivity index (χ2n) is 10.9.